The summed E-state index contributed by atoms with van der Waals surface area (Å²) in [6.07, 6.45) is 3.24. The number of fused-ring (bicyclic) bond motifs is 1. The molecule has 1 N–H and O–H groups in total. The van der Waals surface area contributed by atoms with Crippen molar-refractivity contribution in [2.75, 3.05) is 13.7 Å². The molecule has 0 radical (unpaired) electrons. The van der Waals surface area contributed by atoms with Crippen molar-refractivity contribution in [1.29, 1.82) is 0 Å². The number of aryl methyl sites for hydroxylation is 1. The number of benzene rings is 1. The molecule has 2 rings (SSSR count). The van der Waals surface area contributed by atoms with Gasteiger partial charge in [0, 0.05) is 6.61 Å². The normalized spacial score (nSPS) is 10.6. The van der Waals surface area contributed by atoms with E-state index < -0.39 is 0 Å². The fraction of sp³-hybridized carbons (Fsp3) is 0.333. The molecule has 0 atom stereocenters. The highest BCUT2D eigenvalue weighted by molar-refractivity contribution is 5.75. The summed E-state index contributed by atoms with van der Waals surface area (Å²) in [6.45, 7) is 0.215. The summed E-state index contributed by atoms with van der Waals surface area (Å²) in [6, 6.07) is 5.93. The summed E-state index contributed by atoms with van der Waals surface area (Å²) >= 11 is 0. The number of aromatic nitrogens is 2. The van der Waals surface area contributed by atoms with Crippen LogP contribution in [0.4, 0.5) is 0 Å². The molecule has 16 heavy (non-hydrogen) atoms. The highest BCUT2D eigenvalue weighted by Crippen LogP contribution is 2.15. The molecule has 0 aliphatic rings. The first-order valence-electron chi connectivity index (χ1n) is 5.24. The van der Waals surface area contributed by atoms with E-state index >= 15 is 0 Å². The summed E-state index contributed by atoms with van der Waals surface area (Å²) in [5.74, 6) is 0.524. The lowest BCUT2D eigenvalue weighted by atomic mass is 10.1. The Morgan fingerprint density at radius 1 is 1.31 bits per heavy atom. The monoisotopic (exact) mass is 218 g/mol. The fourth-order valence-corrected chi connectivity index (χ4v) is 1.58. The molecule has 1 heterocycles. The number of nitrogens with zero attached hydrogens (tertiary/aromatic N) is 2. The van der Waals surface area contributed by atoms with E-state index in [0.29, 0.717) is 5.88 Å². The van der Waals surface area contributed by atoms with Gasteiger partial charge in [0.2, 0.25) is 5.88 Å². The van der Waals surface area contributed by atoms with Crippen molar-refractivity contribution < 1.29 is 9.84 Å². The third-order valence-corrected chi connectivity index (χ3v) is 2.42. The van der Waals surface area contributed by atoms with Crippen LogP contribution < -0.4 is 4.74 Å². The molecule has 1 aromatic carbocycles. The van der Waals surface area contributed by atoms with Gasteiger partial charge >= 0.3 is 0 Å². The maximum atomic E-state index is 8.76. The number of aliphatic hydroxyl groups excluding tert-OH is 1. The Kier molecular flexibility index (Phi) is 3.31. The van der Waals surface area contributed by atoms with Gasteiger partial charge in [0.05, 0.1) is 24.3 Å². The Hall–Kier alpha value is -1.68. The zero-order chi connectivity index (χ0) is 11.4. The first-order valence-corrected chi connectivity index (χ1v) is 5.24. The van der Waals surface area contributed by atoms with Crippen molar-refractivity contribution in [3.63, 3.8) is 0 Å². The van der Waals surface area contributed by atoms with E-state index in [2.05, 4.69) is 9.97 Å². The summed E-state index contributed by atoms with van der Waals surface area (Å²) in [5.41, 5.74) is 2.85. The number of aliphatic hydroxyl groups is 1. The van der Waals surface area contributed by atoms with Gasteiger partial charge in [0.15, 0.2) is 0 Å². The molecule has 84 valence electrons. The van der Waals surface area contributed by atoms with Gasteiger partial charge in [-0.15, -0.1) is 0 Å². The zero-order valence-corrected chi connectivity index (χ0v) is 9.18. The van der Waals surface area contributed by atoms with Crippen LogP contribution in [0.25, 0.3) is 11.0 Å². The third kappa shape index (κ3) is 2.28. The molecular formula is C12H14N2O2. The van der Waals surface area contributed by atoms with Gasteiger partial charge in [0.1, 0.15) is 0 Å². The molecule has 0 fully saturated rings. The second-order valence-electron chi connectivity index (χ2n) is 3.56. The number of ether oxygens (including phenoxy) is 1. The minimum Gasteiger partial charge on any atom is -0.480 e. The van der Waals surface area contributed by atoms with Crippen LogP contribution in [0.15, 0.2) is 24.4 Å². The van der Waals surface area contributed by atoms with E-state index in [4.69, 9.17) is 9.84 Å². The van der Waals surface area contributed by atoms with Crippen LogP contribution in [0.2, 0.25) is 0 Å². The Labute approximate surface area is 93.9 Å². The standard InChI is InChI=1S/C12H14N2O2/c1-16-12-8-13-11-7-9(3-2-6-15)4-5-10(11)14-12/h4-5,7-8,15H,2-3,6H2,1H3. The molecule has 1 aromatic heterocycles. The SMILES string of the molecule is COc1cnc2cc(CCCO)ccc2n1. The predicted octanol–water partition coefficient (Wildman–Crippen LogP) is 1.56. The van der Waals surface area contributed by atoms with Gasteiger partial charge in [-0.25, -0.2) is 9.97 Å². The predicted molar refractivity (Wildman–Crippen MR) is 61.5 cm³/mol. The van der Waals surface area contributed by atoms with Gasteiger partial charge in [0.25, 0.3) is 0 Å². The number of hydrogen-bond donors (Lipinski definition) is 1. The highest BCUT2D eigenvalue weighted by atomic mass is 16.5. The smallest absolute Gasteiger partial charge is 0.232 e. The second kappa shape index (κ2) is 4.90. The van der Waals surface area contributed by atoms with E-state index in [1.807, 2.05) is 18.2 Å². The number of methoxy groups -OCH3 is 1. The van der Waals surface area contributed by atoms with Crippen LogP contribution in [0.1, 0.15) is 12.0 Å². The molecule has 0 aliphatic carbocycles. The largest absolute Gasteiger partial charge is 0.480 e. The minimum absolute atomic E-state index is 0.215. The molecule has 4 nitrogen and oxygen atoms in total. The maximum absolute atomic E-state index is 8.76. The molecule has 4 heteroatoms. The lowest BCUT2D eigenvalue weighted by molar-refractivity contribution is 0.288. The molecule has 0 saturated heterocycles. The molecular weight excluding hydrogens is 204 g/mol. The van der Waals surface area contributed by atoms with Crippen LogP contribution in [-0.4, -0.2) is 28.8 Å². The number of rotatable bonds is 4. The average Bonchev–Trinajstić information content (AvgIpc) is 2.35. The quantitative estimate of drug-likeness (QED) is 0.846. The van der Waals surface area contributed by atoms with E-state index in [0.717, 1.165) is 23.9 Å². The lowest BCUT2D eigenvalue weighted by Crippen LogP contribution is -1.93. The van der Waals surface area contributed by atoms with Gasteiger partial charge < -0.3 is 9.84 Å². The Balaban J connectivity index is 2.32. The van der Waals surface area contributed by atoms with Crippen molar-refractivity contribution >= 4 is 11.0 Å². The van der Waals surface area contributed by atoms with E-state index in [9.17, 15) is 0 Å². The van der Waals surface area contributed by atoms with Crippen molar-refractivity contribution in [2.45, 2.75) is 12.8 Å². The molecule has 0 amide bonds. The number of hydrogen-bond acceptors (Lipinski definition) is 4. The van der Waals surface area contributed by atoms with Crippen LogP contribution in [0, 0.1) is 0 Å². The Morgan fingerprint density at radius 3 is 2.94 bits per heavy atom. The molecule has 0 spiro atoms. The molecule has 0 aliphatic heterocycles. The van der Waals surface area contributed by atoms with Gasteiger partial charge in [-0.3, -0.25) is 0 Å². The summed E-state index contributed by atoms with van der Waals surface area (Å²) in [5, 5.41) is 8.76. The van der Waals surface area contributed by atoms with Crippen molar-refractivity contribution in [3.05, 3.63) is 30.0 Å². The Bertz CT molecular complexity index is 485. The summed E-state index contributed by atoms with van der Waals surface area (Å²) in [4.78, 5) is 8.55. The van der Waals surface area contributed by atoms with Crippen LogP contribution in [0.5, 0.6) is 5.88 Å². The lowest BCUT2D eigenvalue weighted by Gasteiger charge is -2.03. The average molecular weight is 218 g/mol. The second-order valence-corrected chi connectivity index (χ2v) is 3.56. The summed E-state index contributed by atoms with van der Waals surface area (Å²) < 4.78 is 5.01. The molecule has 0 unspecified atom stereocenters. The Morgan fingerprint density at radius 2 is 2.19 bits per heavy atom. The first kappa shape index (κ1) is 10.8. The van der Waals surface area contributed by atoms with Crippen molar-refractivity contribution in [1.82, 2.24) is 9.97 Å². The van der Waals surface area contributed by atoms with Crippen LogP contribution in [-0.2, 0) is 6.42 Å². The van der Waals surface area contributed by atoms with Gasteiger partial charge in [-0.1, -0.05) is 6.07 Å². The molecule has 0 saturated carbocycles. The van der Waals surface area contributed by atoms with Crippen molar-refractivity contribution in [2.24, 2.45) is 0 Å². The molecule has 2 aromatic rings. The highest BCUT2D eigenvalue weighted by Gasteiger charge is 2.01. The van der Waals surface area contributed by atoms with E-state index in [-0.39, 0.29) is 6.61 Å². The third-order valence-electron chi connectivity index (χ3n) is 2.42. The minimum atomic E-state index is 0.215. The van der Waals surface area contributed by atoms with Gasteiger partial charge in [-0.2, -0.15) is 0 Å². The zero-order valence-electron chi connectivity index (χ0n) is 9.18. The van der Waals surface area contributed by atoms with E-state index in [1.54, 1.807) is 13.3 Å². The summed E-state index contributed by atoms with van der Waals surface area (Å²) in [7, 11) is 1.57. The maximum Gasteiger partial charge on any atom is 0.232 e. The van der Waals surface area contributed by atoms with Gasteiger partial charge in [-0.05, 0) is 30.5 Å². The molecule has 0 bridgehead atoms. The topological polar surface area (TPSA) is 55.2 Å². The van der Waals surface area contributed by atoms with Crippen molar-refractivity contribution in [3.8, 4) is 5.88 Å². The van der Waals surface area contributed by atoms with Crippen LogP contribution >= 0.6 is 0 Å². The van der Waals surface area contributed by atoms with Crippen LogP contribution in [0.3, 0.4) is 0 Å². The van der Waals surface area contributed by atoms with E-state index in [1.165, 1.54) is 5.56 Å². The first-order chi connectivity index (χ1) is 7.83. The fourth-order valence-electron chi connectivity index (χ4n) is 1.58.